The Morgan fingerprint density at radius 1 is 1.04 bits per heavy atom. The van der Waals surface area contributed by atoms with Gasteiger partial charge in [0, 0.05) is 18.6 Å². The number of rotatable bonds is 8. The first kappa shape index (κ1) is 17.2. The maximum Gasteiger partial charge on any atom is 0.334 e. The lowest BCUT2D eigenvalue weighted by atomic mass is 9.48. The van der Waals surface area contributed by atoms with E-state index in [0.717, 1.165) is 37.0 Å². The molecule has 0 radical (unpaired) electrons. The van der Waals surface area contributed by atoms with Crippen molar-refractivity contribution >= 4 is 5.97 Å². The lowest BCUT2D eigenvalue weighted by molar-refractivity contribution is -0.253. The molecule has 0 saturated heterocycles. The first-order valence-electron chi connectivity index (χ1n) is 9.13. The van der Waals surface area contributed by atoms with E-state index >= 15 is 0 Å². The molecule has 4 aliphatic carbocycles. The monoisotopic (exact) mass is 326 g/mol. The number of esters is 1. The lowest BCUT2D eigenvalue weighted by Crippen LogP contribution is -2.57. The van der Waals surface area contributed by atoms with Gasteiger partial charge in [0.2, 0.25) is 6.29 Å². The fourth-order valence-electron chi connectivity index (χ4n) is 5.76. The molecule has 0 aromatic carbocycles. The number of hydrogen-bond donors (Lipinski definition) is 1. The van der Waals surface area contributed by atoms with Gasteiger partial charge in [-0.15, -0.1) is 0 Å². The molecule has 5 heteroatoms. The van der Waals surface area contributed by atoms with E-state index in [2.05, 4.69) is 0 Å². The highest BCUT2D eigenvalue weighted by Crippen LogP contribution is 2.62. The van der Waals surface area contributed by atoms with Crippen LogP contribution in [0.1, 0.15) is 52.4 Å². The van der Waals surface area contributed by atoms with Gasteiger partial charge < -0.3 is 19.3 Å². The van der Waals surface area contributed by atoms with Gasteiger partial charge in [-0.1, -0.05) is 0 Å². The third-order valence-corrected chi connectivity index (χ3v) is 5.99. The number of aliphatic hydroxyl groups is 1. The summed E-state index contributed by atoms with van der Waals surface area (Å²) in [5.41, 5.74) is 0.0698. The summed E-state index contributed by atoms with van der Waals surface area (Å²) >= 11 is 0. The Hall–Kier alpha value is -0.650. The van der Waals surface area contributed by atoms with Crippen LogP contribution in [0.4, 0.5) is 0 Å². The van der Waals surface area contributed by atoms with Gasteiger partial charge in [-0.2, -0.15) is 0 Å². The largest absolute Gasteiger partial charge is 0.431 e. The highest BCUT2D eigenvalue weighted by molar-refractivity contribution is 5.70. The first-order valence-corrected chi connectivity index (χ1v) is 9.13. The topological polar surface area (TPSA) is 65.0 Å². The Kier molecular flexibility index (Phi) is 5.29. The average molecular weight is 326 g/mol. The van der Waals surface area contributed by atoms with Crippen LogP contribution < -0.4 is 0 Å². The van der Waals surface area contributed by atoms with Crippen molar-refractivity contribution in [1.29, 1.82) is 0 Å². The number of ether oxygens (including phenoxy) is 3. The summed E-state index contributed by atoms with van der Waals surface area (Å²) in [6.07, 6.45) is 6.60. The van der Waals surface area contributed by atoms with Crippen LogP contribution in [0.3, 0.4) is 0 Å². The highest BCUT2D eigenvalue weighted by Gasteiger charge is 2.57. The molecule has 4 saturated carbocycles. The minimum Gasteiger partial charge on any atom is -0.431 e. The quantitative estimate of drug-likeness (QED) is 0.548. The molecule has 0 spiro atoms. The molecular formula is C18H30O5. The molecule has 0 heterocycles. The normalized spacial score (nSPS) is 37.6. The Morgan fingerprint density at radius 3 is 2.00 bits per heavy atom. The van der Waals surface area contributed by atoms with Gasteiger partial charge in [0.25, 0.3) is 0 Å². The maximum absolute atomic E-state index is 11.6. The molecule has 0 aromatic rings. The van der Waals surface area contributed by atoms with E-state index in [4.69, 9.17) is 19.3 Å². The number of aliphatic hydroxyl groups excluding tert-OH is 1. The maximum atomic E-state index is 11.6. The van der Waals surface area contributed by atoms with Gasteiger partial charge in [0.05, 0.1) is 0 Å². The molecular weight excluding hydrogens is 296 g/mol. The van der Waals surface area contributed by atoms with E-state index in [-0.39, 0.29) is 11.5 Å². The summed E-state index contributed by atoms with van der Waals surface area (Å²) in [5, 5.41) is 9.03. The SMILES string of the molecule is CCOC(OC(=O)CO)C(OCC)C12CC3CC(CC(C3)C1)C2. The van der Waals surface area contributed by atoms with E-state index < -0.39 is 18.9 Å². The van der Waals surface area contributed by atoms with E-state index in [1.165, 1.54) is 19.3 Å². The van der Waals surface area contributed by atoms with Gasteiger partial charge >= 0.3 is 5.97 Å². The minimum atomic E-state index is -0.712. The standard InChI is InChI=1S/C18H30O5/c1-3-21-16(17(22-4-2)23-15(20)11-19)18-8-12-5-13(9-18)7-14(6-12)10-18/h12-14,16-17,19H,3-11H2,1-2H3. The molecule has 5 nitrogen and oxygen atoms in total. The van der Waals surface area contributed by atoms with Crippen molar-refractivity contribution in [3.8, 4) is 0 Å². The number of hydrogen-bond acceptors (Lipinski definition) is 5. The second-order valence-corrected chi connectivity index (χ2v) is 7.63. The Morgan fingerprint density at radius 2 is 1.57 bits per heavy atom. The molecule has 4 fully saturated rings. The van der Waals surface area contributed by atoms with Crippen LogP contribution in [0.15, 0.2) is 0 Å². The van der Waals surface area contributed by atoms with Crippen molar-refractivity contribution < 1.29 is 24.1 Å². The van der Waals surface area contributed by atoms with Crippen LogP contribution in [0, 0.1) is 23.2 Å². The van der Waals surface area contributed by atoms with Crippen molar-refractivity contribution in [3.63, 3.8) is 0 Å². The first-order chi connectivity index (χ1) is 11.1. The predicted molar refractivity (Wildman–Crippen MR) is 84.6 cm³/mol. The molecule has 2 unspecified atom stereocenters. The molecule has 1 N–H and O–H groups in total. The summed E-state index contributed by atoms with van der Waals surface area (Å²) in [4.78, 5) is 11.6. The highest BCUT2D eigenvalue weighted by atomic mass is 16.7. The predicted octanol–water partition coefficient (Wildman–Crippen LogP) is 2.51. The zero-order valence-corrected chi connectivity index (χ0v) is 14.3. The summed E-state index contributed by atoms with van der Waals surface area (Å²) in [5.74, 6) is 1.73. The van der Waals surface area contributed by atoms with Crippen LogP contribution in [0.5, 0.6) is 0 Å². The number of carbonyl (C=O) groups is 1. The van der Waals surface area contributed by atoms with E-state index in [1.54, 1.807) is 0 Å². The molecule has 4 bridgehead atoms. The molecule has 132 valence electrons. The van der Waals surface area contributed by atoms with Gasteiger partial charge in [-0.25, -0.2) is 4.79 Å². The second kappa shape index (κ2) is 7.08. The van der Waals surface area contributed by atoms with Crippen LogP contribution in [0.2, 0.25) is 0 Å². The fourth-order valence-corrected chi connectivity index (χ4v) is 5.76. The van der Waals surface area contributed by atoms with Crippen molar-refractivity contribution in [2.45, 2.75) is 64.8 Å². The number of carbonyl (C=O) groups excluding carboxylic acids is 1. The second-order valence-electron chi connectivity index (χ2n) is 7.63. The third kappa shape index (κ3) is 3.42. The molecule has 4 aliphatic rings. The Labute approximate surface area is 138 Å². The molecule has 23 heavy (non-hydrogen) atoms. The smallest absolute Gasteiger partial charge is 0.334 e. The zero-order valence-electron chi connectivity index (χ0n) is 14.3. The van der Waals surface area contributed by atoms with Crippen LogP contribution in [-0.4, -0.2) is 43.3 Å². The van der Waals surface area contributed by atoms with Crippen LogP contribution in [-0.2, 0) is 19.0 Å². The fraction of sp³-hybridized carbons (Fsp3) is 0.944. The molecule has 4 rings (SSSR count). The van der Waals surface area contributed by atoms with Gasteiger partial charge in [0.1, 0.15) is 12.7 Å². The van der Waals surface area contributed by atoms with Crippen molar-refractivity contribution in [1.82, 2.24) is 0 Å². The Bertz CT molecular complexity index is 386. The molecule has 0 aliphatic heterocycles. The van der Waals surface area contributed by atoms with Gasteiger partial charge in [-0.3, -0.25) is 0 Å². The van der Waals surface area contributed by atoms with Crippen LogP contribution >= 0.6 is 0 Å². The van der Waals surface area contributed by atoms with Crippen LogP contribution in [0.25, 0.3) is 0 Å². The van der Waals surface area contributed by atoms with E-state index in [0.29, 0.717) is 13.2 Å². The zero-order chi connectivity index (χ0) is 16.4. The van der Waals surface area contributed by atoms with Crippen molar-refractivity contribution in [2.75, 3.05) is 19.8 Å². The van der Waals surface area contributed by atoms with E-state index in [1.807, 2.05) is 13.8 Å². The molecule has 0 amide bonds. The summed E-state index contributed by atoms with van der Waals surface area (Å²) in [6, 6.07) is 0. The van der Waals surface area contributed by atoms with Crippen molar-refractivity contribution in [2.24, 2.45) is 23.2 Å². The molecule has 2 atom stereocenters. The summed E-state index contributed by atoms with van der Waals surface area (Å²) in [7, 11) is 0. The van der Waals surface area contributed by atoms with E-state index in [9.17, 15) is 4.79 Å². The molecule has 0 aromatic heterocycles. The Balaban J connectivity index is 1.82. The third-order valence-electron chi connectivity index (χ3n) is 5.99. The minimum absolute atomic E-state index is 0.0698. The summed E-state index contributed by atoms with van der Waals surface area (Å²) in [6.45, 7) is 4.28. The van der Waals surface area contributed by atoms with Gasteiger partial charge in [-0.05, 0) is 70.1 Å². The van der Waals surface area contributed by atoms with Gasteiger partial charge in [0.15, 0.2) is 0 Å². The lowest BCUT2D eigenvalue weighted by Gasteiger charge is -2.59. The average Bonchev–Trinajstić information content (AvgIpc) is 2.50. The van der Waals surface area contributed by atoms with Crippen molar-refractivity contribution in [3.05, 3.63) is 0 Å². The summed E-state index contributed by atoms with van der Waals surface area (Å²) < 4.78 is 17.3.